The van der Waals surface area contributed by atoms with E-state index in [0.717, 1.165) is 57.9 Å². The SMILES string of the molecule is CCNC(=NCc1ccc(N2CCC(CO)CC2)cc1)NC1CCN(C(=O)CC)C1. The van der Waals surface area contributed by atoms with Crippen LogP contribution in [0.5, 0.6) is 0 Å². The van der Waals surface area contributed by atoms with Crippen molar-refractivity contribution < 1.29 is 9.90 Å². The molecule has 3 N–H and O–H groups in total. The number of carbonyl (C=O) groups excluding carboxylic acids is 1. The van der Waals surface area contributed by atoms with E-state index in [1.807, 2.05) is 11.8 Å². The van der Waals surface area contributed by atoms with Gasteiger partial charge in [-0.05, 0) is 49.8 Å². The Morgan fingerprint density at radius 1 is 1.13 bits per heavy atom. The minimum atomic E-state index is 0.224. The molecule has 2 heterocycles. The van der Waals surface area contributed by atoms with Crippen molar-refractivity contribution in [3.63, 3.8) is 0 Å². The minimum absolute atomic E-state index is 0.224. The third kappa shape index (κ3) is 6.11. The second kappa shape index (κ2) is 11.2. The molecule has 0 spiro atoms. The number of aliphatic hydroxyl groups excluding tert-OH is 1. The molecule has 2 fully saturated rings. The highest BCUT2D eigenvalue weighted by Gasteiger charge is 2.25. The lowest BCUT2D eigenvalue weighted by molar-refractivity contribution is -0.129. The molecule has 7 nitrogen and oxygen atoms in total. The van der Waals surface area contributed by atoms with Crippen LogP contribution in [0.3, 0.4) is 0 Å². The van der Waals surface area contributed by atoms with Crippen molar-refractivity contribution in [1.29, 1.82) is 0 Å². The van der Waals surface area contributed by atoms with Crippen LogP contribution >= 0.6 is 0 Å². The fourth-order valence-corrected chi connectivity index (χ4v) is 4.20. The van der Waals surface area contributed by atoms with Gasteiger partial charge in [0.1, 0.15) is 0 Å². The molecule has 1 aromatic carbocycles. The number of amides is 1. The van der Waals surface area contributed by atoms with Gasteiger partial charge in [0.05, 0.1) is 6.54 Å². The molecule has 7 heteroatoms. The number of piperidine rings is 1. The molecule has 166 valence electrons. The number of anilines is 1. The van der Waals surface area contributed by atoms with Crippen LogP contribution < -0.4 is 15.5 Å². The Labute approximate surface area is 180 Å². The van der Waals surface area contributed by atoms with Crippen molar-refractivity contribution in [2.45, 2.75) is 52.1 Å². The van der Waals surface area contributed by atoms with E-state index in [1.54, 1.807) is 0 Å². The number of likely N-dealkylation sites (tertiary alicyclic amines) is 1. The molecular formula is C23H37N5O2. The van der Waals surface area contributed by atoms with Crippen LogP contribution in [0, 0.1) is 5.92 Å². The van der Waals surface area contributed by atoms with Gasteiger partial charge in [-0.1, -0.05) is 19.1 Å². The number of hydrogen-bond acceptors (Lipinski definition) is 4. The van der Waals surface area contributed by atoms with Gasteiger partial charge in [-0.15, -0.1) is 0 Å². The van der Waals surface area contributed by atoms with Crippen molar-refractivity contribution in [2.24, 2.45) is 10.9 Å². The number of rotatable bonds is 7. The van der Waals surface area contributed by atoms with Gasteiger partial charge >= 0.3 is 0 Å². The summed E-state index contributed by atoms with van der Waals surface area (Å²) < 4.78 is 0. The highest BCUT2D eigenvalue weighted by atomic mass is 16.3. The van der Waals surface area contributed by atoms with Gasteiger partial charge in [-0.2, -0.15) is 0 Å². The van der Waals surface area contributed by atoms with Crippen LogP contribution in [-0.4, -0.2) is 67.2 Å². The molecule has 0 aromatic heterocycles. The predicted molar refractivity (Wildman–Crippen MR) is 122 cm³/mol. The summed E-state index contributed by atoms with van der Waals surface area (Å²) in [7, 11) is 0. The summed E-state index contributed by atoms with van der Waals surface area (Å²) in [5, 5.41) is 16.1. The molecule has 3 rings (SSSR count). The van der Waals surface area contributed by atoms with Crippen LogP contribution in [0.2, 0.25) is 0 Å². The number of carbonyl (C=O) groups is 1. The van der Waals surface area contributed by atoms with Gasteiger partial charge in [0, 0.05) is 57.5 Å². The van der Waals surface area contributed by atoms with E-state index >= 15 is 0 Å². The van der Waals surface area contributed by atoms with E-state index in [9.17, 15) is 9.90 Å². The summed E-state index contributed by atoms with van der Waals surface area (Å²) in [5.41, 5.74) is 2.42. The molecule has 0 aliphatic carbocycles. The first-order valence-electron chi connectivity index (χ1n) is 11.4. The van der Waals surface area contributed by atoms with E-state index in [-0.39, 0.29) is 11.9 Å². The topological polar surface area (TPSA) is 80.2 Å². The van der Waals surface area contributed by atoms with Crippen molar-refractivity contribution in [2.75, 3.05) is 44.2 Å². The highest BCUT2D eigenvalue weighted by molar-refractivity contribution is 5.80. The Kier molecular flexibility index (Phi) is 8.37. The molecule has 1 aromatic rings. The summed E-state index contributed by atoms with van der Waals surface area (Å²) >= 11 is 0. The molecular weight excluding hydrogens is 378 g/mol. The number of guanidine groups is 1. The van der Waals surface area contributed by atoms with Crippen molar-refractivity contribution in [3.05, 3.63) is 29.8 Å². The average molecular weight is 416 g/mol. The molecule has 1 atom stereocenters. The number of benzene rings is 1. The van der Waals surface area contributed by atoms with E-state index in [1.165, 1.54) is 11.3 Å². The minimum Gasteiger partial charge on any atom is -0.396 e. The lowest BCUT2D eigenvalue weighted by Gasteiger charge is -2.32. The van der Waals surface area contributed by atoms with Gasteiger partial charge in [0.25, 0.3) is 0 Å². The van der Waals surface area contributed by atoms with Crippen LogP contribution in [0.25, 0.3) is 0 Å². The van der Waals surface area contributed by atoms with Crippen molar-refractivity contribution in [3.8, 4) is 0 Å². The van der Waals surface area contributed by atoms with Crippen LogP contribution in [0.4, 0.5) is 5.69 Å². The summed E-state index contributed by atoms with van der Waals surface area (Å²) in [6.45, 7) is 9.29. The Bertz CT molecular complexity index is 698. The van der Waals surface area contributed by atoms with Gasteiger partial charge < -0.3 is 25.5 Å². The fraction of sp³-hybridized carbons (Fsp3) is 0.652. The monoisotopic (exact) mass is 415 g/mol. The third-order valence-corrected chi connectivity index (χ3v) is 6.12. The summed E-state index contributed by atoms with van der Waals surface area (Å²) in [5.74, 6) is 1.49. The second-order valence-electron chi connectivity index (χ2n) is 8.30. The maximum absolute atomic E-state index is 11.9. The van der Waals surface area contributed by atoms with Crippen LogP contribution in [-0.2, 0) is 11.3 Å². The smallest absolute Gasteiger partial charge is 0.222 e. The third-order valence-electron chi connectivity index (χ3n) is 6.12. The molecule has 30 heavy (non-hydrogen) atoms. The zero-order valence-corrected chi connectivity index (χ0v) is 18.4. The molecule has 2 aliphatic rings. The molecule has 1 unspecified atom stereocenters. The standard InChI is InChI=1S/C23H37N5O2/c1-3-22(30)28-14-11-20(16-28)26-23(24-4-2)25-15-18-5-7-21(8-6-18)27-12-9-19(17-29)10-13-27/h5-8,19-20,29H,3-4,9-17H2,1-2H3,(H2,24,25,26). The largest absolute Gasteiger partial charge is 0.396 e. The van der Waals surface area contributed by atoms with Crippen LogP contribution in [0.15, 0.2) is 29.3 Å². The second-order valence-corrected chi connectivity index (χ2v) is 8.30. The lowest BCUT2D eigenvalue weighted by atomic mass is 9.97. The van der Waals surface area contributed by atoms with Gasteiger partial charge in [0.15, 0.2) is 5.96 Å². The first-order chi connectivity index (χ1) is 14.6. The molecule has 0 radical (unpaired) electrons. The Hall–Kier alpha value is -2.28. The van der Waals surface area contributed by atoms with E-state index in [0.29, 0.717) is 25.5 Å². The van der Waals surface area contributed by atoms with Crippen LogP contribution in [0.1, 0.15) is 45.1 Å². The highest BCUT2D eigenvalue weighted by Crippen LogP contribution is 2.23. The molecule has 0 bridgehead atoms. The van der Waals surface area contributed by atoms with Crippen molar-refractivity contribution in [1.82, 2.24) is 15.5 Å². The Morgan fingerprint density at radius 3 is 2.50 bits per heavy atom. The number of hydrogen-bond donors (Lipinski definition) is 3. The van der Waals surface area contributed by atoms with Gasteiger partial charge in [-0.25, -0.2) is 4.99 Å². The zero-order valence-electron chi connectivity index (χ0n) is 18.4. The normalized spacial score (nSPS) is 20.5. The van der Waals surface area contributed by atoms with Crippen molar-refractivity contribution >= 4 is 17.6 Å². The first-order valence-corrected chi connectivity index (χ1v) is 11.4. The van der Waals surface area contributed by atoms with Gasteiger partial charge in [-0.3, -0.25) is 4.79 Å². The zero-order chi connectivity index (χ0) is 21.3. The summed E-state index contributed by atoms with van der Waals surface area (Å²) in [6, 6.07) is 8.91. The predicted octanol–water partition coefficient (Wildman–Crippen LogP) is 1.96. The number of nitrogens with zero attached hydrogens (tertiary/aromatic N) is 3. The van der Waals surface area contributed by atoms with Gasteiger partial charge in [0.2, 0.25) is 5.91 Å². The van der Waals surface area contributed by atoms with E-state index < -0.39 is 0 Å². The Morgan fingerprint density at radius 2 is 1.87 bits per heavy atom. The molecule has 1 amide bonds. The Balaban J connectivity index is 1.52. The summed E-state index contributed by atoms with van der Waals surface area (Å²) in [4.78, 5) is 21.0. The van der Waals surface area contributed by atoms with E-state index in [2.05, 4.69) is 46.7 Å². The maximum Gasteiger partial charge on any atom is 0.222 e. The summed E-state index contributed by atoms with van der Waals surface area (Å²) in [6.07, 6.45) is 3.64. The molecule has 2 saturated heterocycles. The van der Waals surface area contributed by atoms with E-state index in [4.69, 9.17) is 4.99 Å². The number of aliphatic imine (C=N–C) groups is 1. The maximum atomic E-state index is 11.9. The quantitative estimate of drug-likeness (QED) is 0.469. The molecule has 0 saturated carbocycles. The first kappa shape index (κ1) is 22.4. The lowest BCUT2D eigenvalue weighted by Crippen LogP contribution is -2.45. The number of aliphatic hydroxyl groups is 1. The molecule has 2 aliphatic heterocycles. The average Bonchev–Trinajstić information content (AvgIpc) is 3.26. The number of nitrogens with one attached hydrogen (secondary N) is 2. The fourth-order valence-electron chi connectivity index (χ4n) is 4.20.